The van der Waals surface area contributed by atoms with Crippen molar-refractivity contribution in [3.05, 3.63) is 58.2 Å². The fourth-order valence-electron chi connectivity index (χ4n) is 2.96. The number of piperazine rings is 1. The van der Waals surface area contributed by atoms with Crippen LogP contribution in [0.15, 0.2) is 42.6 Å². The molecule has 0 bridgehead atoms. The lowest BCUT2D eigenvalue weighted by molar-refractivity contribution is 0.135. The quantitative estimate of drug-likeness (QED) is 0.720. The van der Waals surface area contributed by atoms with E-state index < -0.39 is 0 Å². The SMILES string of the molecule is O=C(NCCNc1ncc(Cl)cc1Cl)N1CCN(Cc2ccccc2)CC1. The molecule has 27 heavy (non-hydrogen) atoms. The minimum atomic E-state index is -0.0358. The van der Waals surface area contributed by atoms with Crippen molar-refractivity contribution >= 4 is 35.1 Å². The largest absolute Gasteiger partial charge is 0.367 e. The summed E-state index contributed by atoms with van der Waals surface area (Å²) in [6, 6.07) is 12.0. The normalized spacial score (nSPS) is 14.8. The van der Waals surface area contributed by atoms with Gasteiger partial charge >= 0.3 is 6.03 Å². The van der Waals surface area contributed by atoms with Gasteiger partial charge in [-0.1, -0.05) is 53.5 Å². The fraction of sp³-hybridized carbons (Fsp3) is 0.368. The van der Waals surface area contributed by atoms with Crippen LogP contribution >= 0.6 is 23.2 Å². The molecule has 144 valence electrons. The van der Waals surface area contributed by atoms with Crippen LogP contribution in [0.4, 0.5) is 10.6 Å². The van der Waals surface area contributed by atoms with E-state index >= 15 is 0 Å². The molecule has 1 aromatic heterocycles. The van der Waals surface area contributed by atoms with Crippen LogP contribution < -0.4 is 10.6 Å². The lowest BCUT2D eigenvalue weighted by Crippen LogP contribution is -2.51. The Morgan fingerprint density at radius 1 is 1.07 bits per heavy atom. The minimum Gasteiger partial charge on any atom is -0.367 e. The summed E-state index contributed by atoms with van der Waals surface area (Å²) in [5, 5.41) is 6.97. The molecule has 0 radical (unpaired) electrons. The number of hydrogen-bond donors (Lipinski definition) is 2. The Morgan fingerprint density at radius 2 is 1.81 bits per heavy atom. The van der Waals surface area contributed by atoms with E-state index in [1.165, 1.54) is 11.8 Å². The zero-order chi connectivity index (χ0) is 19.1. The lowest BCUT2D eigenvalue weighted by atomic mass is 10.2. The molecule has 0 atom stereocenters. The number of nitrogens with one attached hydrogen (secondary N) is 2. The molecule has 2 aromatic rings. The van der Waals surface area contributed by atoms with E-state index in [0.717, 1.165) is 32.7 Å². The van der Waals surface area contributed by atoms with Gasteiger partial charge in [-0.3, -0.25) is 4.90 Å². The number of rotatable bonds is 6. The Bertz CT molecular complexity index is 751. The number of amides is 2. The van der Waals surface area contributed by atoms with Gasteiger partial charge in [-0.15, -0.1) is 0 Å². The van der Waals surface area contributed by atoms with E-state index in [1.54, 1.807) is 6.07 Å². The standard InChI is InChI=1S/C19H23Cl2N5O/c20-16-12-17(21)18(24-13-16)22-6-7-23-19(27)26-10-8-25(9-11-26)14-15-4-2-1-3-5-15/h1-5,12-13H,6-11,14H2,(H,22,24)(H,23,27). The Labute approximate surface area is 169 Å². The zero-order valence-electron chi connectivity index (χ0n) is 15.0. The Balaban J connectivity index is 1.34. The molecular weight excluding hydrogens is 385 g/mol. The molecule has 6 nitrogen and oxygen atoms in total. The molecular formula is C19H23Cl2N5O. The molecule has 1 saturated heterocycles. The molecule has 1 aromatic carbocycles. The Hall–Kier alpha value is -2.02. The molecule has 2 heterocycles. The van der Waals surface area contributed by atoms with Gasteiger partial charge in [0.05, 0.1) is 10.0 Å². The van der Waals surface area contributed by atoms with Gasteiger partial charge in [-0.2, -0.15) is 0 Å². The maximum absolute atomic E-state index is 12.3. The highest BCUT2D eigenvalue weighted by Gasteiger charge is 2.20. The summed E-state index contributed by atoms with van der Waals surface area (Å²) < 4.78 is 0. The number of nitrogens with zero attached hydrogens (tertiary/aromatic N) is 3. The van der Waals surface area contributed by atoms with Gasteiger partial charge in [-0.05, 0) is 11.6 Å². The summed E-state index contributed by atoms with van der Waals surface area (Å²) in [5.74, 6) is 0.560. The average molecular weight is 408 g/mol. The van der Waals surface area contributed by atoms with E-state index in [4.69, 9.17) is 23.2 Å². The van der Waals surface area contributed by atoms with E-state index in [2.05, 4.69) is 44.8 Å². The summed E-state index contributed by atoms with van der Waals surface area (Å²) in [5.41, 5.74) is 1.30. The number of carbonyl (C=O) groups is 1. The first-order valence-electron chi connectivity index (χ1n) is 8.96. The number of pyridine rings is 1. The number of aromatic nitrogens is 1. The van der Waals surface area contributed by atoms with Crippen molar-refractivity contribution in [2.75, 3.05) is 44.6 Å². The molecule has 2 N–H and O–H groups in total. The van der Waals surface area contributed by atoms with Crippen LogP contribution in [0.25, 0.3) is 0 Å². The number of carbonyl (C=O) groups excluding carboxylic acids is 1. The smallest absolute Gasteiger partial charge is 0.317 e. The average Bonchev–Trinajstić information content (AvgIpc) is 2.68. The molecule has 0 aliphatic carbocycles. The van der Waals surface area contributed by atoms with E-state index in [-0.39, 0.29) is 6.03 Å². The summed E-state index contributed by atoms with van der Waals surface area (Å²) >= 11 is 11.9. The van der Waals surface area contributed by atoms with Crippen LogP contribution in [0, 0.1) is 0 Å². The molecule has 2 amide bonds. The molecule has 8 heteroatoms. The van der Waals surface area contributed by atoms with Crippen LogP contribution in [0.5, 0.6) is 0 Å². The summed E-state index contributed by atoms with van der Waals surface area (Å²) in [4.78, 5) is 20.6. The van der Waals surface area contributed by atoms with Gasteiger partial charge in [-0.25, -0.2) is 9.78 Å². The van der Waals surface area contributed by atoms with Crippen LogP contribution in [0.2, 0.25) is 10.0 Å². The van der Waals surface area contributed by atoms with Gasteiger partial charge in [0, 0.05) is 52.0 Å². The zero-order valence-corrected chi connectivity index (χ0v) is 16.5. The predicted octanol–water partition coefficient (Wildman–Crippen LogP) is 3.33. The highest BCUT2D eigenvalue weighted by molar-refractivity contribution is 6.35. The highest BCUT2D eigenvalue weighted by atomic mass is 35.5. The van der Waals surface area contributed by atoms with Crippen LogP contribution in [0.1, 0.15) is 5.56 Å². The monoisotopic (exact) mass is 407 g/mol. The first kappa shape index (κ1) is 19.7. The number of benzene rings is 1. The van der Waals surface area contributed by atoms with Gasteiger partial charge in [0.1, 0.15) is 5.82 Å². The Kier molecular flexibility index (Phi) is 7.15. The first-order chi connectivity index (χ1) is 13.1. The van der Waals surface area contributed by atoms with Crippen molar-refractivity contribution in [2.45, 2.75) is 6.54 Å². The third-order valence-corrected chi connectivity index (χ3v) is 4.90. The van der Waals surface area contributed by atoms with Crippen molar-refractivity contribution in [1.82, 2.24) is 20.1 Å². The minimum absolute atomic E-state index is 0.0358. The fourth-order valence-corrected chi connectivity index (χ4v) is 3.40. The van der Waals surface area contributed by atoms with Crippen LogP contribution in [-0.2, 0) is 6.54 Å². The maximum atomic E-state index is 12.3. The predicted molar refractivity (Wildman–Crippen MR) is 109 cm³/mol. The third-order valence-electron chi connectivity index (χ3n) is 4.41. The highest BCUT2D eigenvalue weighted by Crippen LogP contribution is 2.22. The molecule has 0 spiro atoms. The molecule has 0 saturated carbocycles. The second-order valence-corrected chi connectivity index (χ2v) is 7.24. The topological polar surface area (TPSA) is 60.5 Å². The van der Waals surface area contributed by atoms with Crippen molar-refractivity contribution < 1.29 is 4.79 Å². The van der Waals surface area contributed by atoms with E-state index in [9.17, 15) is 4.79 Å². The van der Waals surface area contributed by atoms with E-state index in [1.807, 2.05) is 11.0 Å². The van der Waals surface area contributed by atoms with E-state index in [0.29, 0.717) is 29.0 Å². The summed E-state index contributed by atoms with van der Waals surface area (Å²) in [7, 11) is 0. The Morgan fingerprint density at radius 3 is 2.52 bits per heavy atom. The second-order valence-electron chi connectivity index (χ2n) is 6.39. The molecule has 0 unspecified atom stereocenters. The maximum Gasteiger partial charge on any atom is 0.317 e. The summed E-state index contributed by atoms with van der Waals surface area (Å²) in [6.45, 7) is 5.18. The van der Waals surface area contributed by atoms with Gasteiger partial charge < -0.3 is 15.5 Å². The van der Waals surface area contributed by atoms with Crippen LogP contribution in [0.3, 0.4) is 0 Å². The molecule has 1 aliphatic rings. The van der Waals surface area contributed by atoms with Crippen LogP contribution in [-0.4, -0.2) is 60.1 Å². The summed E-state index contributed by atoms with van der Waals surface area (Å²) in [6.07, 6.45) is 1.53. The first-order valence-corrected chi connectivity index (χ1v) is 9.71. The molecule has 3 rings (SSSR count). The van der Waals surface area contributed by atoms with Crippen molar-refractivity contribution in [2.24, 2.45) is 0 Å². The number of hydrogen-bond acceptors (Lipinski definition) is 4. The van der Waals surface area contributed by atoms with Gasteiger partial charge in [0.25, 0.3) is 0 Å². The number of halogens is 2. The number of anilines is 1. The lowest BCUT2D eigenvalue weighted by Gasteiger charge is -2.34. The van der Waals surface area contributed by atoms with Crippen molar-refractivity contribution in [3.63, 3.8) is 0 Å². The molecule has 1 aliphatic heterocycles. The number of urea groups is 1. The van der Waals surface area contributed by atoms with Crippen molar-refractivity contribution in [3.8, 4) is 0 Å². The molecule has 1 fully saturated rings. The van der Waals surface area contributed by atoms with Gasteiger partial charge in [0.2, 0.25) is 0 Å². The second kappa shape index (κ2) is 9.78. The third kappa shape index (κ3) is 5.99. The van der Waals surface area contributed by atoms with Gasteiger partial charge in [0.15, 0.2) is 0 Å². The van der Waals surface area contributed by atoms with Crippen molar-refractivity contribution in [1.29, 1.82) is 0 Å².